The van der Waals surface area contributed by atoms with E-state index in [9.17, 15) is 9.90 Å². The molecule has 10 nitrogen and oxygen atoms in total. The number of benzene rings is 2. The predicted octanol–water partition coefficient (Wildman–Crippen LogP) is 11.0. The number of rotatable bonds is 11. The number of carboxylic acid groups (broad SMARTS) is 1. The lowest BCUT2D eigenvalue weighted by atomic mass is 9.97. The maximum absolute atomic E-state index is 11.8. The van der Waals surface area contributed by atoms with Gasteiger partial charge < -0.3 is 38.4 Å². The van der Waals surface area contributed by atoms with Crippen LogP contribution in [0.3, 0.4) is 0 Å². The number of para-hydroxylation sites is 1. The molecule has 3 aromatic heterocycles. The van der Waals surface area contributed by atoms with E-state index in [2.05, 4.69) is 66.1 Å². The molecule has 4 aliphatic heterocycles. The number of aliphatic carboxylic acids is 1. The first-order chi connectivity index (χ1) is 28.0. The van der Waals surface area contributed by atoms with E-state index in [1.54, 1.807) is 11.3 Å². The maximum Gasteiger partial charge on any atom is 0.333 e. The minimum atomic E-state index is -1.30. The highest BCUT2D eigenvalue weighted by molar-refractivity contribution is 7.28. The summed E-state index contributed by atoms with van der Waals surface area (Å²) in [6.07, 6.45) is 8.08. The number of carboxylic acids is 1. The van der Waals surface area contributed by atoms with Crippen molar-refractivity contribution in [3.8, 4) is 64.4 Å². The molecule has 9 rings (SSSR count). The summed E-state index contributed by atoms with van der Waals surface area (Å²) in [5, 5.41) is 9.61. The molecule has 0 saturated carbocycles. The van der Waals surface area contributed by atoms with Gasteiger partial charge in [0, 0.05) is 17.9 Å². The quantitative estimate of drug-likeness (QED) is 0.103. The molecule has 294 valence electrons. The van der Waals surface area contributed by atoms with Gasteiger partial charge in [-0.15, -0.1) is 34.0 Å². The lowest BCUT2D eigenvalue weighted by molar-refractivity contribution is -0.132. The second-order valence-corrected chi connectivity index (χ2v) is 17.4. The summed E-state index contributed by atoms with van der Waals surface area (Å²) >= 11 is 4.44. The van der Waals surface area contributed by atoms with Crippen molar-refractivity contribution < 1.29 is 38.3 Å². The van der Waals surface area contributed by atoms with Gasteiger partial charge in [-0.3, -0.25) is 4.79 Å². The number of carbonyl (C=O) groups is 1. The van der Waals surface area contributed by atoms with Gasteiger partial charge in [0.15, 0.2) is 34.5 Å². The fraction of sp³-hybridized carbons (Fsp3) is 0.364. The first kappa shape index (κ1) is 37.4. The fourth-order valence-electron chi connectivity index (χ4n) is 7.97. The molecule has 0 aliphatic carbocycles. The standard InChI is InChI=1S/C44H42N2O8S3/c1-4-6-9-25(5-2)24-46-30-11-8-7-10-26(30)12-13-27-22-28(14-15-31(27)46)39-35-36(52-19-18-51-35)42(56-39)43-38-37(53-20-21-54-38)41(57-43)40-34-33(49-16-17-50-34)32(55-40)23-29(45-3)44(47)48/h7-8,10-11,14-15,22-23,25H,4-6,9,12-13,16-21,24H2,1-2H3,(H,47,48)/b29-23-. The molecule has 0 bridgehead atoms. The smallest absolute Gasteiger partial charge is 0.333 e. The summed E-state index contributed by atoms with van der Waals surface area (Å²) in [6, 6.07) is 15.8. The van der Waals surface area contributed by atoms with E-state index in [0.29, 0.717) is 79.2 Å². The van der Waals surface area contributed by atoms with Gasteiger partial charge in [0.2, 0.25) is 0 Å². The number of hydrogen-bond acceptors (Lipinski definition) is 11. The van der Waals surface area contributed by atoms with Crippen molar-refractivity contribution in [3.05, 3.63) is 75.6 Å². The molecule has 0 spiro atoms. The SMILES string of the molecule is [C-]#[N+]/C(=C\c1sc(-c2sc(-c3sc(-c4ccc5c(c4)CCc4ccccc4N5CC(CC)CCCC)c4c3OCCO4)c3c2OCCO3)c2c1OCCO2)C(=O)O. The van der Waals surface area contributed by atoms with Crippen LogP contribution in [0.2, 0.25) is 0 Å². The molecule has 0 amide bonds. The molecule has 5 aromatic rings. The maximum atomic E-state index is 11.8. The zero-order chi connectivity index (χ0) is 39.0. The van der Waals surface area contributed by atoms with Crippen LogP contribution in [0.5, 0.6) is 34.5 Å². The number of unbranched alkanes of at least 4 members (excludes halogenated alkanes) is 1. The van der Waals surface area contributed by atoms with E-state index in [1.807, 2.05) is 0 Å². The van der Waals surface area contributed by atoms with E-state index < -0.39 is 11.7 Å². The van der Waals surface area contributed by atoms with Crippen LogP contribution >= 0.6 is 34.0 Å². The van der Waals surface area contributed by atoms with Crippen LogP contribution in [0.15, 0.2) is 48.2 Å². The number of thiophene rings is 3. The first-order valence-electron chi connectivity index (χ1n) is 19.6. The molecular formula is C44H42N2O8S3. The van der Waals surface area contributed by atoms with E-state index >= 15 is 0 Å². The number of anilines is 2. The van der Waals surface area contributed by atoms with E-state index in [1.165, 1.54) is 70.5 Å². The summed E-state index contributed by atoms with van der Waals surface area (Å²) in [5.41, 5.74) is 5.97. The summed E-state index contributed by atoms with van der Waals surface area (Å²) < 4.78 is 37.7. The number of aryl methyl sites for hydroxylation is 2. The Bertz CT molecular complexity index is 2420. The third kappa shape index (κ3) is 6.87. The van der Waals surface area contributed by atoms with Crippen LogP contribution in [0, 0.1) is 12.5 Å². The van der Waals surface area contributed by atoms with Gasteiger partial charge in [0.05, 0.1) is 35.8 Å². The molecule has 2 aromatic carbocycles. The number of fused-ring (bicyclic) bond motifs is 5. The monoisotopic (exact) mass is 822 g/mol. The second kappa shape index (κ2) is 16.0. The highest BCUT2D eigenvalue weighted by Gasteiger charge is 2.37. The predicted molar refractivity (Wildman–Crippen MR) is 226 cm³/mol. The van der Waals surface area contributed by atoms with Gasteiger partial charge >= 0.3 is 5.97 Å². The van der Waals surface area contributed by atoms with Crippen molar-refractivity contribution in [2.24, 2.45) is 5.92 Å². The number of ether oxygens (including phenoxy) is 6. The highest BCUT2D eigenvalue weighted by Crippen LogP contribution is 2.64. The topological polar surface area (TPSA) is 100 Å². The molecule has 0 fully saturated rings. The van der Waals surface area contributed by atoms with E-state index in [4.69, 9.17) is 35.0 Å². The molecule has 13 heteroatoms. The van der Waals surface area contributed by atoms with Crippen molar-refractivity contribution in [2.45, 2.75) is 52.4 Å². The van der Waals surface area contributed by atoms with Crippen LogP contribution < -0.4 is 33.3 Å². The minimum absolute atomic E-state index is 0.311. The Morgan fingerprint density at radius 2 is 1.30 bits per heavy atom. The molecule has 1 N–H and O–H groups in total. The van der Waals surface area contributed by atoms with Crippen molar-refractivity contribution in [2.75, 3.05) is 51.1 Å². The van der Waals surface area contributed by atoms with Gasteiger partial charge in [-0.25, -0.2) is 4.85 Å². The summed E-state index contributed by atoms with van der Waals surface area (Å²) in [7, 11) is 0. The third-order valence-corrected chi connectivity index (χ3v) is 14.6. The van der Waals surface area contributed by atoms with Crippen molar-refractivity contribution >= 4 is 57.4 Å². The van der Waals surface area contributed by atoms with Crippen molar-refractivity contribution in [3.63, 3.8) is 0 Å². The zero-order valence-corrected chi connectivity index (χ0v) is 34.3. The van der Waals surface area contributed by atoms with E-state index in [-0.39, 0.29) is 0 Å². The Kier molecular flexibility index (Phi) is 10.5. The van der Waals surface area contributed by atoms with Crippen LogP contribution in [0.4, 0.5) is 11.4 Å². The van der Waals surface area contributed by atoms with E-state index in [0.717, 1.165) is 61.5 Å². The molecule has 0 saturated heterocycles. The summed E-state index contributed by atoms with van der Waals surface area (Å²) in [5.74, 6) is 2.87. The van der Waals surface area contributed by atoms with Crippen molar-refractivity contribution in [1.29, 1.82) is 0 Å². The lowest BCUT2D eigenvalue weighted by Gasteiger charge is -2.31. The molecule has 0 radical (unpaired) electrons. The van der Waals surface area contributed by atoms with Gasteiger partial charge in [-0.1, -0.05) is 57.4 Å². The average molecular weight is 823 g/mol. The fourth-order valence-corrected chi connectivity index (χ4v) is 11.7. The first-order valence-corrected chi connectivity index (χ1v) is 22.0. The van der Waals surface area contributed by atoms with Crippen LogP contribution in [0.1, 0.15) is 55.5 Å². The number of nitrogens with zero attached hydrogens (tertiary/aromatic N) is 2. The summed E-state index contributed by atoms with van der Waals surface area (Å²) in [6.45, 7) is 15.3. The summed E-state index contributed by atoms with van der Waals surface area (Å²) in [4.78, 5) is 22.3. The Morgan fingerprint density at radius 1 is 0.754 bits per heavy atom. The second-order valence-electron chi connectivity index (χ2n) is 14.3. The molecule has 1 unspecified atom stereocenters. The average Bonchev–Trinajstić information content (AvgIpc) is 3.91. The van der Waals surface area contributed by atoms with Gasteiger partial charge in [0.1, 0.15) is 39.6 Å². The zero-order valence-electron chi connectivity index (χ0n) is 31.8. The minimum Gasteiger partial charge on any atom is -0.486 e. The molecular weight excluding hydrogens is 781 g/mol. The van der Waals surface area contributed by atoms with Crippen LogP contribution in [-0.2, 0) is 17.6 Å². The Morgan fingerprint density at radius 3 is 1.91 bits per heavy atom. The van der Waals surface area contributed by atoms with Gasteiger partial charge in [-0.2, -0.15) is 0 Å². The molecule has 4 aliphatic rings. The number of hydrogen-bond donors (Lipinski definition) is 1. The Labute approximate surface area is 343 Å². The largest absolute Gasteiger partial charge is 0.486 e. The van der Waals surface area contributed by atoms with Crippen LogP contribution in [0.25, 0.3) is 40.9 Å². The van der Waals surface area contributed by atoms with Crippen LogP contribution in [-0.4, -0.2) is 57.3 Å². The molecule has 7 heterocycles. The molecule has 1 atom stereocenters. The lowest BCUT2D eigenvalue weighted by Crippen LogP contribution is -2.26. The highest BCUT2D eigenvalue weighted by atomic mass is 32.1. The van der Waals surface area contributed by atoms with Gasteiger partial charge in [-0.05, 0) is 66.1 Å². The van der Waals surface area contributed by atoms with Crippen molar-refractivity contribution in [1.82, 2.24) is 0 Å². The normalized spacial score (nSPS) is 15.9. The molecule has 57 heavy (non-hydrogen) atoms. The Hall–Kier alpha value is -5.16. The third-order valence-electron chi connectivity index (χ3n) is 10.8. The Balaban J connectivity index is 1.14. The van der Waals surface area contributed by atoms with Gasteiger partial charge in [0.25, 0.3) is 5.70 Å².